The van der Waals surface area contributed by atoms with Crippen molar-refractivity contribution in [2.45, 2.75) is 18.9 Å². The molecule has 0 spiro atoms. The van der Waals surface area contributed by atoms with Crippen LogP contribution >= 0.6 is 11.6 Å². The average molecular weight is 340 g/mol. The van der Waals surface area contributed by atoms with E-state index in [4.69, 9.17) is 11.6 Å². The quantitative estimate of drug-likeness (QED) is 0.905. The Balaban J connectivity index is 1.52. The Morgan fingerprint density at radius 3 is 2.57 bits per heavy atom. The fraction of sp³-hybridized carbons (Fsp3) is 0.500. The van der Waals surface area contributed by atoms with Crippen LogP contribution in [-0.4, -0.2) is 60.4 Å². The predicted molar refractivity (Wildman–Crippen MR) is 84.9 cm³/mol. The molecule has 124 valence electrons. The number of hydrogen-bond donors (Lipinski definition) is 1. The van der Waals surface area contributed by atoms with Crippen LogP contribution in [-0.2, 0) is 4.79 Å². The van der Waals surface area contributed by atoms with Gasteiger partial charge in [0, 0.05) is 37.2 Å². The number of piperazine rings is 1. The van der Waals surface area contributed by atoms with Crippen molar-refractivity contribution in [3.05, 3.63) is 34.6 Å². The SMILES string of the molecule is O=C(CN1CCN(C(=O)c2cc(Cl)ccc2F)CC1)NC1CC1. The molecule has 7 heteroatoms. The smallest absolute Gasteiger partial charge is 0.256 e. The molecule has 5 nitrogen and oxygen atoms in total. The van der Waals surface area contributed by atoms with E-state index in [0.717, 1.165) is 12.8 Å². The molecular weight excluding hydrogens is 321 g/mol. The van der Waals surface area contributed by atoms with Gasteiger partial charge in [-0.2, -0.15) is 0 Å². The third kappa shape index (κ3) is 4.20. The van der Waals surface area contributed by atoms with Gasteiger partial charge in [-0.05, 0) is 31.0 Å². The van der Waals surface area contributed by atoms with Gasteiger partial charge in [-0.1, -0.05) is 11.6 Å². The highest BCUT2D eigenvalue weighted by Gasteiger charge is 2.27. The van der Waals surface area contributed by atoms with E-state index in [0.29, 0.717) is 43.8 Å². The normalized spacial score (nSPS) is 18.8. The first-order chi connectivity index (χ1) is 11.0. The van der Waals surface area contributed by atoms with Crippen LogP contribution < -0.4 is 5.32 Å². The van der Waals surface area contributed by atoms with Crippen LogP contribution in [0.2, 0.25) is 5.02 Å². The summed E-state index contributed by atoms with van der Waals surface area (Å²) in [4.78, 5) is 27.8. The molecule has 0 bridgehead atoms. The van der Waals surface area contributed by atoms with E-state index in [-0.39, 0.29) is 17.4 Å². The van der Waals surface area contributed by atoms with Crippen molar-refractivity contribution in [1.29, 1.82) is 0 Å². The Morgan fingerprint density at radius 1 is 1.22 bits per heavy atom. The molecule has 0 unspecified atom stereocenters. The molecule has 1 aromatic rings. The summed E-state index contributed by atoms with van der Waals surface area (Å²) < 4.78 is 13.8. The van der Waals surface area contributed by atoms with Gasteiger partial charge in [0.05, 0.1) is 12.1 Å². The van der Waals surface area contributed by atoms with E-state index in [2.05, 4.69) is 5.32 Å². The number of carbonyl (C=O) groups excluding carboxylic acids is 2. The van der Waals surface area contributed by atoms with Gasteiger partial charge in [-0.15, -0.1) is 0 Å². The molecule has 1 saturated heterocycles. The Kier molecular flexibility index (Phi) is 4.82. The van der Waals surface area contributed by atoms with Crippen molar-refractivity contribution in [3.8, 4) is 0 Å². The van der Waals surface area contributed by atoms with Gasteiger partial charge in [0.2, 0.25) is 5.91 Å². The van der Waals surface area contributed by atoms with Gasteiger partial charge in [-0.25, -0.2) is 4.39 Å². The minimum Gasteiger partial charge on any atom is -0.352 e. The topological polar surface area (TPSA) is 52.7 Å². The summed E-state index contributed by atoms with van der Waals surface area (Å²) >= 11 is 5.84. The van der Waals surface area contributed by atoms with Gasteiger partial charge >= 0.3 is 0 Å². The van der Waals surface area contributed by atoms with Crippen LogP contribution in [0.5, 0.6) is 0 Å². The van der Waals surface area contributed by atoms with Crippen molar-refractivity contribution in [1.82, 2.24) is 15.1 Å². The molecule has 0 radical (unpaired) electrons. The Labute approximate surface area is 139 Å². The van der Waals surface area contributed by atoms with Gasteiger partial charge in [-0.3, -0.25) is 14.5 Å². The van der Waals surface area contributed by atoms with Crippen molar-refractivity contribution >= 4 is 23.4 Å². The second-order valence-electron chi connectivity index (χ2n) is 6.03. The predicted octanol–water partition coefficient (Wildman–Crippen LogP) is 1.52. The van der Waals surface area contributed by atoms with Gasteiger partial charge < -0.3 is 10.2 Å². The molecule has 0 aromatic heterocycles. The van der Waals surface area contributed by atoms with Crippen molar-refractivity contribution in [2.24, 2.45) is 0 Å². The molecule has 23 heavy (non-hydrogen) atoms. The fourth-order valence-corrected chi connectivity index (χ4v) is 2.82. The number of rotatable bonds is 4. The van der Waals surface area contributed by atoms with Crippen molar-refractivity contribution in [2.75, 3.05) is 32.7 Å². The third-order valence-corrected chi connectivity index (χ3v) is 4.36. The molecule has 1 aliphatic carbocycles. The van der Waals surface area contributed by atoms with E-state index >= 15 is 0 Å². The molecule has 2 fully saturated rings. The van der Waals surface area contributed by atoms with Crippen LogP contribution in [0.4, 0.5) is 4.39 Å². The summed E-state index contributed by atoms with van der Waals surface area (Å²) in [5.74, 6) is -0.883. The van der Waals surface area contributed by atoms with Crippen LogP contribution in [0, 0.1) is 5.82 Å². The Hall–Kier alpha value is -1.66. The third-order valence-electron chi connectivity index (χ3n) is 4.13. The maximum atomic E-state index is 13.8. The average Bonchev–Trinajstić information content (AvgIpc) is 3.33. The van der Waals surface area contributed by atoms with Gasteiger partial charge in [0.15, 0.2) is 0 Å². The highest BCUT2D eigenvalue weighted by molar-refractivity contribution is 6.31. The lowest BCUT2D eigenvalue weighted by Gasteiger charge is -2.34. The molecule has 0 atom stereocenters. The number of nitrogens with zero attached hydrogens (tertiary/aromatic N) is 2. The number of carbonyl (C=O) groups is 2. The highest BCUT2D eigenvalue weighted by atomic mass is 35.5. The number of hydrogen-bond acceptors (Lipinski definition) is 3. The summed E-state index contributed by atoms with van der Waals surface area (Å²) in [5.41, 5.74) is -0.00238. The minimum absolute atomic E-state index is 0.00238. The molecule has 1 N–H and O–H groups in total. The summed E-state index contributed by atoms with van der Waals surface area (Å²) in [5, 5.41) is 3.29. The lowest BCUT2D eigenvalue weighted by atomic mass is 10.1. The number of benzene rings is 1. The molecule has 3 rings (SSSR count). The van der Waals surface area contributed by atoms with Crippen LogP contribution in [0.25, 0.3) is 0 Å². The lowest BCUT2D eigenvalue weighted by molar-refractivity contribution is -0.122. The first-order valence-electron chi connectivity index (χ1n) is 7.79. The van der Waals surface area contributed by atoms with E-state index in [1.54, 1.807) is 4.90 Å². The maximum absolute atomic E-state index is 13.8. The number of nitrogens with one attached hydrogen (secondary N) is 1. The Bertz CT molecular complexity index is 613. The van der Waals surface area contributed by atoms with Crippen LogP contribution in [0.3, 0.4) is 0 Å². The zero-order valence-corrected chi connectivity index (χ0v) is 13.5. The molecular formula is C16H19ClFN3O2. The molecule has 2 amide bonds. The zero-order valence-electron chi connectivity index (χ0n) is 12.7. The zero-order chi connectivity index (χ0) is 16.4. The monoisotopic (exact) mass is 339 g/mol. The van der Waals surface area contributed by atoms with Crippen molar-refractivity contribution in [3.63, 3.8) is 0 Å². The van der Waals surface area contributed by atoms with Crippen LogP contribution in [0.1, 0.15) is 23.2 Å². The van der Waals surface area contributed by atoms with Gasteiger partial charge in [0.1, 0.15) is 5.82 Å². The van der Waals surface area contributed by atoms with E-state index in [9.17, 15) is 14.0 Å². The van der Waals surface area contributed by atoms with E-state index < -0.39 is 5.82 Å². The lowest BCUT2D eigenvalue weighted by Crippen LogP contribution is -2.51. The number of amides is 2. The first kappa shape index (κ1) is 16.2. The number of halogens is 2. The first-order valence-corrected chi connectivity index (χ1v) is 8.17. The molecule has 1 aromatic carbocycles. The molecule has 2 aliphatic rings. The summed E-state index contributed by atoms with van der Waals surface area (Å²) in [6.45, 7) is 2.51. The molecule has 1 saturated carbocycles. The van der Waals surface area contributed by atoms with E-state index in [1.807, 2.05) is 4.90 Å². The van der Waals surface area contributed by atoms with E-state index in [1.165, 1.54) is 18.2 Å². The minimum atomic E-state index is -0.564. The summed E-state index contributed by atoms with van der Waals surface area (Å²) in [7, 11) is 0. The standard InChI is InChI=1S/C16H19ClFN3O2/c17-11-1-4-14(18)13(9-11)16(23)21-7-5-20(6-8-21)10-15(22)19-12-2-3-12/h1,4,9,12H,2-3,5-8,10H2,(H,19,22). The highest BCUT2D eigenvalue weighted by Crippen LogP contribution is 2.19. The summed E-state index contributed by atoms with van der Waals surface area (Å²) in [6.07, 6.45) is 2.14. The summed E-state index contributed by atoms with van der Waals surface area (Å²) in [6, 6.07) is 4.34. The largest absolute Gasteiger partial charge is 0.352 e. The maximum Gasteiger partial charge on any atom is 0.256 e. The second-order valence-corrected chi connectivity index (χ2v) is 6.47. The molecule has 1 aliphatic heterocycles. The second kappa shape index (κ2) is 6.84. The van der Waals surface area contributed by atoms with Crippen LogP contribution in [0.15, 0.2) is 18.2 Å². The molecule has 1 heterocycles. The fourth-order valence-electron chi connectivity index (χ4n) is 2.64. The van der Waals surface area contributed by atoms with Crippen molar-refractivity contribution < 1.29 is 14.0 Å². The Morgan fingerprint density at radius 2 is 1.91 bits per heavy atom. The van der Waals surface area contributed by atoms with Gasteiger partial charge in [0.25, 0.3) is 5.91 Å².